The number of anilines is 4. The molecule has 3 aromatic rings. The summed E-state index contributed by atoms with van der Waals surface area (Å²) in [5, 5.41) is 11.5. The number of nitrogens with zero attached hydrogens (tertiary/aromatic N) is 3. The van der Waals surface area contributed by atoms with Gasteiger partial charge in [-0.25, -0.2) is 8.42 Å². The number of carbonyl (C=O) groups is 1. The summed E-state index contributed by atoms with van der Waals surface area (Å²) in [5.41, 5.74) is -2.86. The van der Waals surface area contributed by atoms with Crippen molar-refractivity contribution in [3.63, 3.8) is 0 Å². The van der Waals surface area contributed by atoms with Crippen LogP contribution in [0.5, 0.6) is 0 Å². The van der Waals surface area contributed by atoms with Crippen LogP contribution in [0.1, 0.15) is 95.8 Å². The minimum atomic E-state index is -6.10. The lowest BCUT2D eigenvalue weighted by atomic mass is 9.78. The van der Waals surface area contributed by atoms with Crippen LogP contribution in [0.2, 0.25) is 0 Å². The second kappa shape index (κ2) is 18.0. The number of halogens is 3. The van der Waals surface area contributed by atoms with E-state index in [1.807, 2.05) is 67.3 Å². The fraction of sp³-hybridized carbons (Fsp3) is 0.364. The predicted octanol–water partition coefficient (Wildman–Crippen LogP) is 10.4. The predicted molar refractivity (Wildman–Crippen MR) is 231 cm³/mol. The van der Waals surface area contributed by atoms with Crippen LogP contribution >= 0.6 is 0 Å². The van der Waals surface area contributed by atoms with E-state index in [0.29, 0.717) is 48.4 Å². The molecule has 0 saturated carbocycles. The Kier molecular flexibility index (Phi) is 13.7. The number of carbonyl (C=O) groups excluding carboxylic acids is 1. The Morgan fingerprint density at radius 2 is 1.25 bits per heavy atom. The van der Waals surface area contributed by atoms with Gasteiger partial charge in [-0.3, -0.25) is 9.52 Å². The summed E-state index contributed by atoms with van der Waals surface area (Å²) in [5.74, 6) is -0.851. The maximum absolute atomic E-state index is 14.0. The summed E-state index contributed by atoms with van der Waals surface area (Å²) >= 11 is 0. The Morgan fingerprint density at radius 1 is 0.746 bits per heavy atom. The number of hydrogen-bond acceptors (Lipinski definition) is 8. The van der Waals surface area contributed by atoms with Crippen molar-refractivity contribution in [3.05, 3.63) is 124 Å². The molecule has 5 rings (SSSR count). The molecular weight excluding hydrogens is 802 g/mol. The summed E-state index contributed by atoms with van der Waals surface area (Å²) in [4.78, 5) is 17.8. The summed E-state index contributed by atoms with van der Waals surface area (Å²) in [6.45, 7) is 13.3. The van der Waals surface area contributed by atoms with Crippen molar-refractivity contribution in [3.8, 4) is 0 Å². The van der Waals surface area contributed by atoms with Crippen LogP contribution in [0.15, 0.2) is 112 Å². The third-order valence-electron chi connectivity index (χ3n) is 10.5. The number of alkyl halides is 3. The standard InChI is InChI=1S/C44H51F3N4O6S2/c1-8-24-50(32-16-12-30(13-17-32)28(5)10-3)34-20-22-36(38(26-34)48-58(7,54)55)40-42(52)41(43(40)53)37-23-21-35(27-39(37)49-59(56,57)44(45,46)47)51(25-9-2)33-18-14-31(15-19-33)29(6)11-4/h12-23,26-29,48,52H,8-11,24-25H2,1-7H3. The van der Waals surface area contributed by atoms with Crippen LogP contribution < -0.4 is 14.5 Å². The van der Waals surface area contributed by atoms with Gasteiger partial charge in [-0.2, -0.15) is 26.0 Å². The Bertz CT molecular complexity index is 2450. The van der Waals surface area contributed by atoms with Crippen LogP contribution in [-0.4, -0.2) is 58.3 Å². The highest BCUT2D eigenvalue weighted by Gasteiger charge is 2.47. The van der Waals surface area contributed by atoms with Gasteiger partial charge in [0.1, 0.15) is 5.76 Å². The molecule has 59 heavy (non-hydrogen) atoms. The number of hydrogen-bond donors (Lipinski definition) is 2. The van der Waals surface area contributed by atoms with Crippen LogP contribution in [0.3, 0.4) is 0 Å². The Hall–Kier alpha value is -5.15. The Labute approximate surface area is 345 Å². The maximum atomic E-state index is 14.0. The third-order valence-corrected chi connectivity index (χ3v) is 12.2. The first-order valence-electron chi connectivity index (χ1n) is 19.7. The fourth-order valence-corrected chi connectivity index (χ4v) is 8.04. The maximum Gasteiger partial charge on any atom is 0.518 e. The van der Waals surface area contributed by atoms with E-state index >= 15 is 0 Å². The van der Waals surface area contributed by atoms with Gasteiger partial charge in [0.05, 0.1) is 28.8 Å². The molecule has 3 aromatic carbocycles. The monoisotopic (exact) mass is 852 g/mol. The molecule has 2 unspecified atom stereocenters. The van der Waals surface area contributed by atoms with Gasteiger partial charge >= 0.3 is 15.5 Å². The molecule has 0 spiro atoms. The summed E-state index contributed by atoms with van der Waals surface area (Å²) < 4.78 is 97.1. The molecule has 0 heterocycles. The molecular formula is C44H51F3N4O6S2. The van der Waals surface area contributed by atoms with Crippen LogP contribution in [0.25, 0.3) is 5.57 Å². The topological polar surface area (TPSA) is 136 Å². The molecule has 0 bridgehead atoms. The SMILES string of the molecule is CCCN(C1=CC(=NS(=O)(=O)C(F)(F)F)C(=C2C(=O)C(c3ccc(N(CCC)c4ccc(C(C)CC)cc4)cc3NS(C)(=O)=O)=C2O)C=C1)c1ccc(C(C)CC)cc1. The van der Waals surface area contributed by atoms with Crippen molar-refractivity contribution in [2.24, 2.45) is 4.40 Å². The molecule has 2 aliphatic carbocycles. The molecule has 2 atom stereocenters. The molecule has 0 radical (unpaired) electrons. The fourth-order valence-electron chi connectivity index (χ4n) is 6.96. The zero-order valence-corrected chi connectivity index (χ0v) is 35.9. The number of ketones is 1. The highest BCUT2D eigenvalue weighted by Crippen LogP contribution is 2.44. The van der Waals surface area contributed by atoms with Crippen LogP contribution in [-0.2, 0) is 24.8 Å². The number of nitrogens with one attached hydrogen (secondary N) is 1. The number of allylic oxidation sites excluding steroid dienone is 6. The first-order valence-corrected chi connectivity index (χ1v) is 23.0. The summed E-state index contributed by atoms with van der Waals surface area (Å²) in [6.07, 6.45) is 8.10. The normalized spacial score (nSPS) is 17.8. The van der Waals surface area contributed by atoms with E-state index in [2.05, 4.69) is 36.8 Å². The zero-order valence-electron chi connectivity index (χ0n) is 34.3. The number of aliphatic hydroxyl groups is 1. The molecule has 0 amide bonds. The van der Waals surface area contributed by atoms with Gasteiger partial charge in [0.25, 0.3) is 0 Å². The average Bonchev–Trinajstić information content (AvgIpc) is 3.19. The van der Waals surface area contributed by atoms with Gasteiger partial charge in [0.2, 0.25) is 15.8 Å². The highest BCUT2D eigenvalue weighted by molar-refractivity contribution is 7.92. The van der Waals surface area contributed by atoms with Crippen LogP contribution in [0.4, 0.5) is 35.9 Å². The lowest BCUT2D eigenvalue weighted by molar-refractivity contribution is -0.111. The van der Waals surface area contributed by atoms with Crippen molar-refractivity contribution in [2.45, 2.75) is 84.6 Å². The van der Waals surface area contributed by atoms with Crippen molar-refractivity contribution >= 4 is 59.9 Å². The molecule has 10 nitrogen and oxygen atoms in total. The highest BCUT2D eigenvalue weighted by atomic mass is 32.2. The van der Waals surface area contributed by atoms with Crippen molar-refractivity contribution < 1.29 is 39.9 Å². The number of aliphatic hydroxyl groups excluding tert-OH is 1. The molecule has 15 heteroatoms. The first-order chi connectivity index (χ1) is 27.7. The van der Waals surface area contributed by atoms with Gasteiger partial charge in [0, 0.05) is 47.0 Å². The summed E-state index contributed by atoms with van der Waals surface area (Å²) in [6, 6.07) is 20.4. The molecule has 2 aliphatic rings. The lowest BCUT2D eigenvalue weighted by Crippen LogP contribution is -2.29. The van der Waals surface area contributed by atoms with Crippen molar-refractivity contribution in [1.29, 1.82) is 0 Å². The number of Topliss-reactive ketones (excluding diaryl/α,β-unsaturated/α-hetero) is 1. The van der Waals surface area contributed by atoms with E-state index in [1.54, 1.807) is 17.0 Å². The number of benzene rings is 3. The number of sulfonamides is 2. The average molecular weight is 853 g/mol. The molecule has 0 saturated heterocycles. The molecule has 0 aliphatic heterocycles. The minimum Gasteiger partial charge on any atom is -0.506 e. The van der Waals surface area contributed by atoms with E-state index in [1.165, 1.54) is 23.8 Å². The zero-order chi connectivity index (χ0) is 43.4. The van der Waals surface area contributed by atoms with E-state index in [9.17, 15) is 39.9 Å². The smallest absolute Gasteiger partial charge is 0.506 e. The largest absolute Gasteiger partial charge is 0.518 e. The van der Waals surface area contributed by atoms with E-state index < -0.39 is 48.4 Å². The van der Waals surface area contributed by atoms with E-state index in [4.69, 9.17) is 0 Å². The van der Waals surface area contributed by atoms with Gasteiger partial charge in [0.15, 0.2) is 0 Å². The second-order valence-corrected chi connectivity index (χ2v) is 18.2. The molecule has 0 fully saturated rings. The Morgan fingerprint density at radius 3 is 1.73 bits per heavy atom. The van der Waals surface area contributed by atoms with Crippen LogP contribution in [0, 0.1) is 0 Å². The molecule has 2 N–H and O–H groups in total. The molecule has 0 aromatic heterocycles. The summed E-state index contributed by atoms with van der Waals surface area (Å²) in [7, 11) is -10.0. The quantitative estimate of drug-likeness (QED) is 0.136. The first kappa shape index (κ1) is 44.9. The lowest BCUT2D eigenvalue weighted by Gasteiger charge is -2.30. The minimum absolute atomic E-state index is 0.0157. The van der Waals surface area contributed by atoms with E-state index in [-0.39, 0.29) is 22.4 Å². The van der Waals surface area contributed by atoms with Crippen molar-refractivity contribution in [2.75, 3.05) is 33.9 Å². The van der Waals surface area contributed by atoms with E-state index in [0.717, 1.165) is 42.8 Å². The van der Waals surface area contributed by atoms with Crippen molar-refractivity contribution in [1.82, 2.24) is 0 Å². The molecule has 316 valence electrons. The van der Waals surface area contributed by atoms with Gasteiger partial charge in [-0.15, -0.1) is 0 Å². The third kappa shape index (κ3) is 9.84. The Balaban J connectivity index is 1.63. The van der Waals surface area contributed by atoms with Gasteiger partial charge in [-0.1, -0.05) is 65.8 Å². The van der Waals surface area contributed by atoms with Gasteiger partial charge in [-0.05, 0) is 109 Å². The van der Waals surface area contributed by atoms with Gasteiger partial charge < -0.3 is 14.9 Å². The number of rotatable bonds is 16. The second-order valence-electron chi connectivity index (χ2n) is 14.9.